The smallest absolute Gasteiger partial charge is 0.267 e. The van der Waals surface area contributed by atoms with Crippen molar-refractivity contribution < 1.29 is 13.9 Å². The number of carbonyl (C=O) groups excluding carboxylic acids is 1. The average Bonchev–Trinajstić information content (AvgIpc) is 3.05. The molecule has 1 aromatic carbocycles. The van der Waals surface area contributed by atoms with Gasteiger partial charge >= 0.3 is 0 Å². The molecular formula is C14H14FNO2S. The maximum absolute atomic E-state index is 13.9. The van der Waals surface area contributed by atoms with Gasteiger partial charge in [0.15, 0.2) is 5.75 Å². The molecule has 0 bridgehead atoms. The van der Waals surface area contributed by atoms with Crippen molar-refractivity contribution in [3.8, 4) is 5.75 Å². The monoisotopic (exact) mass is 279 g/mol. The number of fused-ring (bicyclic) bond motifs is 1. The van der Waals surface area contributed by atoms with Crippen molar-refractivity contribution in [3.05, 3.63) is 28.9 Å². The summed E-state index contributed by atoms with van der Waals surface area (Å²) in [6.45, 7) is 1.55. The molecule has 2 aromatic rings. The summed E-state index contributed by atoms with van der Waals surface area (Å²) in [4.78, 5) is 14.8. The van der Waals surface area contributed by atoms with Crippen molar-refractivity contribution in [2.24, 2.45) is 0 Å². The second kappa shape index (κ2) is 4.81. The summed E-state index contributed by atoms with van der Waals surface area (Å²) < 4.78 is 19.9. The Morgan fingerprint density at radius 2 is 2.11 bits per heavy atom. The Hall–Kier alpha value is -1.62. The highest BCUT2D eigenvalue weighted by atomic mass is 32.1. The van der Waals surface area contributed by atoms with Gasteiger partial charge in [-0.15, -0.1) is 11.3 Å². The normalized spacial score (nSPS) is 15.2. The first-order valence-electron chi connectivity index (χ1n) is 6.26. The molecule has 0 unspecified atom stereocenters. The third kappa shape index (κ3) is 1.98. The van der Waals surface area contributed by atoms with E-state index in [9.17, 15) is 9.18 Å². The second-order valence-electron chi connectivity index (χ2n) is 4.58. The molecule has 5 heteroatoms. The number of likely N-dealkylation sites (tertiary alicyclic amines) is 1. The van der Waals surface area contributed by atoms with Crippen molar-refractivity contribution in [2.75, 3.05) is 20.2 Å². The fourth-order valence-electron chi connectivity index (χ4n) is 2.48. The van der Waals surface area contributed by atoms with Crippen LogP contribution in [0.5, 0.6) is 5.75 Å². The van der Waals surface area contributed by atoms with Crippen LogP contribution in [0.2, 0.25) is 0 Å². The number of hydrogen-bond donors (Lipinski definition) is 0. The molecule has 0 aliphatic carbocycles. The van der Waals surface area contributed by atoms with Crippen LogP contribution in [0.3, 0.4) is 0 Å². The topological polar surface area (TPSA) is 29.5 Å². The van der Waals surface area contributed by atoms with E-state index in [0.717, 1.165) is 30.6 Å². The van der Waals surface area contributed by atoms with E-state index in [1.165, 1.54) is 24.5 Å². The first-order valence-corrected chi connectivity index (χ1v) is 7.08. The van der Waals surface area contributed by atoms with Gasteiger partial charge in [-0.05, 0) is 25.0 Å². The Morgan fingerprint density at radius 1 is 1.37 bits per heavy atom. The number of hydrogen-bond acceptors (Lipinski definition) is 3. The quantitative estimate of drug-likeness (QED) is 0.844. The van der Waals surface area contributed by atoms with Gasteiger partial charge in [-0.2, -0.15) is 0 Å². The Labute approximate surface area is 114 Å². The summed E-state index contributed by atoms with van der Waals surface area (Å²) in [5.41, 5.74) is 0. The van der Waals surface area contributed by atoms with E-state index in [1.807, 2.05) is 11.0 Å². The number of halogens is 1. The molecular weight excluding hydrogens is 265 g/mol. The standard InChI is InChI=1S/C14H14FNO2S/c1-18-12-11-9(15)5-4-6-10(11)19-13(12)14(17)16-7-2-3-8-16/h4-6H,2-3,7-8H2,1H3. The van der Waals surface area contributed by atoms with Gasteiger partial charge in [0.1, 0.15) is 10.7 Å². The molecule has 3 rings (SSSR count). The lowest BCUT2D eigenvalue weighted by Crippen LogP contribution is -2.27. The van der Waals surface area contributed by atoms with E-state index in [4.69, 9.17) is 4.74 Å². The number of rotatable bonds is 2. The number of benzene rings is 1. The molecule has 1 aromatic heterocycles. The van der Waals surface area contributed by atoms with E-state index in [0.29, 0.717) is 16.0 Å². The number of methoxy groups -OCH3 is 1. The minimum absolute atomic E-state index is 0.0463. The van der Waals surface area contributed by atoms with Gasteiger partial charge in [0.2, 0.25) is 0 Å². The van der Waals surface area contributed by atoms with Crippen molar-refractivity contribution in [1.29, 1.82) is 0 Å². The van der Waals surface area contributed by atoms with Crippen LogP contribution in [0.4, 0.5) is 4.39 Å². The number of carbonyl (C=O) groups is 1. The van der Waals surface area contributed by atoms with Gasteiger partial charge in [-0.3, -0.25) is 4.79 Å². The van der Waals surface area contributed by atoms with Crippen molar-refractivity contribution in [1.82, 2.24) is 4.90 Å². The van der Waals surface area contributed by atoms with Crippen LogP contribution in [0.25, 0.3) is 10.1 Å². The lowest BCUT2D eigenvalue weighted by Gasteiger charge is -2.14. The zero-order chi connectivity index (χ0) is 13.4. The number of amides is 1. The summed E-state index contributed by atoms with van der Waals surface area (Å²) in [5.74, 6) is -0.0176. The minimum Gasteiger partial charge on any atom is -0.494 e. The molecule has 2 heterocycles. The molecule has 1 fully saturated rings. The number of nitrogens with zero attached hydrogens (tertiary/aromatic N) is 1. The van der Waals surface area contributed by atoms with E-state index in [1.54, 1.807) is 6.07 Å². The summed E-state index contributed by atoms with van der Waals surface area (Å²) in [5, 5.41) is 0.414. The zero-order valence-electron chi connectivity index (χ0n) is 10.6. The molecule has 0 saturated carbocycles. The molecule has 19 heavy (non-hydrogen) atoms. The molecule has 0 spiro atoms. The first kappa shape index (κ1) is 12.4. The molecule has 1 saturated heterocycles. The van der Waals surface area contributed by atoms with Crippen LogP contribution in [0.15, 0.2) is 18.2 Å². The maximum Gasteiger partial charge on any atom is 0.267 e. The first-order chi connectivity index (χ1) is 9.22. The van der Waals surface area contributed by atoms with Crippen molar-refractivity contribution in [2.45, 2.75) is 12.8 Å². The zero-order valence-corrected chi connectivity index (χ0v) is 11.4. The van der Waals surface area contributed by atoms with Gasteiger partial charge in [0, 0.05) is 17.8 Å². The van der Waals surface area contributed by atoms with E-state index in [-0.39, 0.29) is 11.7 Å². The van der Waals surface area contributed by atoms with Gasteiger partial charge in [-0.1, -0.05) is 6.07 Å². The van der Waals surface area contributed by atoms with Crippen LogP contribution < -0.4 is 4.74 Å². The molecule has 1 aliphatic rings. The maximum atomic E-state index is 13.9. The Morgan fingerprint density at radius 3 is 2.79 bits per heavy atom. The van der Waals surface area contributed by atoms with Crippen LogP contribution >= 0.6 is 11.3 Å². The fourth-order valence-corrected chi connectivity index (χ4v) is 3.63. The third-order valence-electron chi connectivity index (χ3n) is 3.41. The van der Waals surface area contributed by atoms with Crippen LogP contribution in [-0.2, 0) is 0 Å². The minimum atomic E-state index is -0.342. The largest absolute Gasteiger partial charge is 0.494 e. The molecule has 0 atom stereocenters. The van der Waals surface area contributed by atoms with E-state index >= 15 is 0 Å². The number of thiophene rings is 1. The molecule has 0 N–H and O–H groups in total. The molecule has 0 radical (unpaired) electrons. The lowest BCUT2D eigenvalue weighted by atomic mass is 10.2. The lowest BCUT2D eigenvalue weighted by molar-refractivity contribution is 0.0795. The Balaban J connectivity index is 2.12. The SMILES string of the molecule is COc1c(C(=O)N2CCCC2)sc2cccc(F)c12. The highest BCUT2D eigenvalue weighted by Gasteiger charge is 2.27. The molecule has 1 amide bonds. The summed E-state index contributed by atoms with van der Waals surface area (Å²) in [6, 6.07) is 4.85. The van der Waals surface area contributed by atoms with Gasteiger partial charge in [0.05, 0.1) is 12.5 Å². The predicted octanol–water partition coefficient (Wildman–Crippen LogP) is 3.29. The van der Waals surface area contributed by atoms with Crippen LogP contribution in [-0.4, -0.2) is 31.0 Å². The predicted molar refractivity (Wildman–Crippen MR) is 73.5 cm³/mol. The van der Waals surface area contributed by atoms with E-state index < -0.39 is 0 Å². The van der Waals surface area contributed by atoms with Gasteiger partial charge in [0.25, 0.3) is 5.91 Å². The van der Waals surface area contributed by atoms with Crippen LogP contribution in [0, 0.1) is 5.82 Å². The highest BCUT2D eigenvalue weighted by Crippen LogP contribution is 2.40. The Kier molecular flexibility index (Phi) is 3.14. The highest BCUT2D eigenvalue weighted by molar-refractivity contribution is 7.21. The Bertz CT molecular complexity index is 632. The van der Waals surface area contributed by atoms with Gasteiger partial charge < -0.3 is 9.64 Å². The third-order valence-corrected chi connectivity index (χ3v) is 4.54. The van der Waals surface area contributed by atoms with Crippen LogP contribution in [0.1, 0.15) is 22.5 Å². The van der Waals surface area contributed by atoms with Gasteiger partial charge in [-0.25, -0.2) is 4.39 Å². The fraction of sp³-hybridized carbons (Fsp3) is 0.357. The van der Waals surface area contributed by atoms with Crippen molar-refractivity contribution >= 4 is 27.3 Å². The summed E-state index contributed by atoms with van der Waals surface area (Å²) >= 11 is 1.30. The average molecular weight is 279 g/mol. The summed E-state index contributed by atoms with van der Waals surface area (Å²) in [7, 11) is 1.48. The summed E-state index contributed by atoms with van der Waals surface area (Å²) in [6.07, 6.45) is 2.07. The van der Waals surface area contributed by atoms with E-state index in [2.05, 4.69) is 0 Å². The second-order valence-corrected chi connectivity index (χ2v) is 5.63. The number of ether oxygens (including phenoxy) is 1. The molecule has 100 valence electrons. The van der Waals surface area contributed by atoms with Crippen molar-refractivity contribution in [3.63, 3.8) is 0 Å². The molecule has 1 aliphatic heterocycles. The molecule has 3 nitrogen and oxygen atoms in total.